The summed E-state index contributed by atoms with van der Waals surface area (Å²) in [6, 6.07) is 0. The molecule has 7 nitrogen and oxygen atoms in total. The molecule has 1 heterocycles. The fourth-order valence-electron chi connectivity index (χ4n) is 1.94. The second-order valence-electron chi connectivity index (χ2n) is 5.02. The van der Waals surface area contributed by atoms with Crippen LogP contribution in [0.15, 0.2) is 12.2 Å². The van der Waals surface area contributed by atoms with Gasteiger partial charge in [0, 0.05) is 5.92 Å². The summed E-state index contributed by atoms with van der Waals surface area (Å²) in [4.78, 5) is 0. The highest BCUT2D eigenvalue weighted by Crippen LogP contribution is 2.22. The van der Waals surface area contributed by atoms with Gasteiger partial charge in [0.1, 0.15) is 24.4 Å². The van der Waals surface area contributed by atoms with Crippen LogP contribution >= 0.6 is 0 Å². The molecular weight excluding hydrogens is 268 g/mol. The molecule has 0 radical (unpaired) electrons. The SMILES string of the molecule is C/C=C\[C@@H](O)[C@@H](C)CO[C@H]1OC(CO)[C@@H](O)C(O)C1O. The Morgan fingerprint density at radius 3 is 2.40 bits per heavy atom. The van der Waals surface area contributed by atoms with Crippen molar-refractivity contribution < 1.29 is 35.0 Å². The summed E-state index contributed by atoms with van der Waals surface area (Å²) >= 11 is 0. The van der Waals surface area contributed by atoms with Crippen molar-refractivity contribution >= 4 is 0 Å². The van der Waals surface area contributed by atoms with Crippen molar-refractivity contribution in [2.24, 2.45) is 5.92 Å². The highest BCUT2D eigenvalue weighted by Gasteiger charge is 2.44. The molecule has 0 aliphatic carbocycles. The van der Waals surface area contributed by atoms with Crippen LogP contribution in [0.2, 0.25) is 0 Å². The molecular formula is C13H24O7. The molecule has 7 heteroatoms. The maximum absolute atomic E-state index is 9.76. The number of ether oxygens (including phenoxy) is 2. The molecule has 1 fully saturated rings. The number of allylic oxidation sites excluding steroid dienone is 1. The minimum atomic E-state index is -1.46. The Balaban J connectivity index is 2.54. The van der Waals surface area contributed by atoms with Crippen LogP contribution in [0.5, 0.6) is 0 Å². The van der Waals surface area contributed by atoms with Gasteiger partial charge < -0.3 is 35.0 Å². The molecule has 20 heavy (non-hydrogen) atoms. The summed E-state index contributed by atoms with van der Waals surface area (Å²) < 4.78 is 10.5. The van der Waals surface area contributed by atoms with Gasteiger partial charge in [-0.1, -0.05) is 19.1 Å². The van der Waals surface area contributed by atoms with Gasteiger partial charge in [-0.25, -0.2) is 0 Å². The van der Waals surface area contributed by atoms with Crippen molar-refractivity contribution in [2.45, 2.75) is 50.7 Å². The van der Waals surface area contributed by atoms with Crippen LogP contribution < -0.4 is 0 Å². The monoisotopic (exact) mass is 292 g/mol. The Morgan fingerprint density at radius 1 is 1.20 bits per heavy atom. The Morgan fingerprint density at radius 2 is 1.85 bits per heavy atom. The van der Waals surface area contributed by atoms with Gasteiger partial charge in [-0.05, 0) is 6.92 Å². The van der Waals surface area contributed by atoms with Gasteiger partial charge in [0.15, 0.2) is 6.29 Å². The fourth-order valence-corrected chi connectivity index (χ4v) is 1.94. The minimum absolute atomic E-state index is 0.0915. The summed E-state index contributed by atoms with van der Waals surface area (Å²) in [7, 11) is 0. The second kappa shape index (κ2) is 8.04. The van der Waals surface area contributed by atoms with Gasteiger partial charge >= 0.3 is 0 Å². The van der Waals surface area contributed by atoms with Crippen molar-refractivity contribution in [3.05, 3.63) is 12.2 Å². The van der Waals surface area contributed by atoms with Gasteiger partial charge in [0.05, 0.1) is 19.3 Å². The summed E-state index contributed by atoms with van der Waals surface area (Å²) in [6.45, 7) is 3.14. The molecule has 0 spiro atoms. The van der Waals surface area contributed by atoms with Crippen LogP contribution in [0.25, 0.3) is 0 Å². The number of rotatable bonds is 6. The molecule has 5 N–H and O–H groups in total. The summed E-state index contributed by atoms with van der Waals surface area (Å²) in [6.07, 6.45) is -3.79. The van der Waals surface area contributed by atoms with Crippen LogP contribution in [0.3, 0.4) is 0 Å². The van der Waals surface area contributed by atoms with Crippen molar-refractivity contribution in [2.75, 3.05) is 13.2 Å². The molecule has 1 aliphatic heterocycles. The fraction of sp³-hybridized carbons (Fsp3) is 0.846. The summed E-state index contributed by atoms with van der Waals surface area (Å²) in [5, 5.41) is 47.7. The van der Waals surface area contributed by atoms with Crippen LogP contribution in [-0.2, 0) is 9.47 Å². The Kier molecular flexibility index (Phi) is 7.04. The molecule has 0 aromatic heterocycles. The maximum Gasteiger partial charge on any atom is 0.186 e. The Hall–Kier alpha value is -0.540. The van der Waals surface area contributed by atoms with E-state index in [-0.39, 0.29) is 12.5 Å². The van der Waals surface area contributed by atoms with E-state index >= 15 is 0 Å². The zero-order chi connectivity index (χ0) is 15.3. The van der Waals surface area contributed by atoms with E-state index in [9.17, 15) is 20.4 Å². The molecule has 118 valence electrons. The van der Waals surface area contributed by atoms with E-state index in [0.29, 0.717) is 0 Å². The topological polar surface area (TPSA) is 120 Å². The highest BCUT2D eigenvalue weighted by molar-refractivity contribution is 4.90. The second-order valence-corrected chi connectivity index (χ2v) is 5.02. The van der Waals surface area contributed by atoms with Crippen LogP contribution in [0, 0.1) is 5.92 Å². The van der Waals surface area contributed by atoms with Crippen LogP contribution in [-0.4, -0.2) is 75.6 Å². The molecule has 0 saturated carbocycles. The molecule has 0 aromatic rings. The lowest BCUT2D eigenvalue weighted by Gasteiger charge is -2.40. The lowest BCUT2D eigenvalue weighted by molar-refractivity contribution is -0.303. The Labute approximate surface area is 118 Å². The van der Waals surface area contributed by atoms with Crippen molar-refractivity contribution in [1.29, 1.82) is 0 Å². The number of aliphatic hydroxyl groups excluding tert-OH is 5. The third kappa shape index (κ3) is 4.23. The molecule has 1 rings (SSSR count). The van der Waals surface area contributed by atoms with Gasteiger partial charge in [0.25, 0.3) is 0 Å². The largest absolute Gasteiger partial charge is 0.394 e. The van der Waals surface area contributed by atoms with E-state index in [1.165, 1.54) is 0 Å². The Bertz CT molecular complexity index is 307. The molecule has 0 amide bonds. The first-order valence-electron chi connectivity index (χ1n) is 6.65. The quantitative estimate of drug-likeness (QED) is 0.373. The predicted molar refractivity (Wildman–Crippen MR) is 69.7 cm³/mol. The van der Waals surface area contributed by atoms with Gasteiger partial charge in [-0.2, -0.15) is 0 Å². The number of hydrogen-bond donors (Lipinski definition) is 5. The minimum Gasteiger partial charge on any atom is -0.394 e. The molecule has 1 saturated heterocycles. The molecule has 1 aliphatic rings. The van der Waals surface area contributed by atoms with Crippen LogP contribution in [0.1, 0.15) is 13.8 Å². The standard InChI is InChI=1S/C13H24O7/c1-3-4-8(15)7(2)6-19-13-12(18)11(17)10(16)9(5-14)20-13/h3-4,7-18H,5-6H2,1-2H3/b4-3-/t7-,8+,9?,10+,11?,12?,13-/m0/s1. The first kappa shape index (κ1) is 17.5. The highest BCUT2D eigenvalue weighted by atomic mass is 16.7. The van der Waals surface area contributed by atoms with Gasteiger partial charge in [0.2, 0.25) is 0 Å². The third-order valence-electron chi connectivity index (χ3n) is 3.34. The van der Waals surface area contributed by atoms with E-state index in [1.807, 2.05) is 0 Å². The molecule has 0 aromatic carbocycles. The molecule has 0 bridgehead atoms. The lowest BCUT2D eigenvalue weighted by Crippen LogP contribution is -2.59. The van der Waals surface area contributed by atoms with Crippen molar-refractivity contribution in [1.82, 2.24) is 0 Å². The summed E-state index contributed by atoms with van der Waals surface area (Å²) in [5.41, 5.74) is 0. The maximum atomic E-state index is 9.76. The zero-order valence-corrected chi connectivity index (χ0v) is 11.7. The van der Waals surface area contributed by atoms with E-state index in [1.54, 1.807) is 26.0 Å². The first-order valence-corrected chi connectivity index (χ1v) is 6.65. The number of aliphatic hydroxyl groups is 5. The normalized spacial score (nSPS) is 38.0. The van der Waals surface area contributed by atoms with Gasteiger partial charge in [-0.15, -0.1) is 0 Å². The number of hydrogen-bond acceptors (Lipinski definition) is 7. The van der Waals surface area contributed by atoms with Crippen molar-refractivity contribution in [3.8, 4) is 0 Å². The predicted octanol–water partition coefficient (Wildman–Crippen LogP) is -1.62. The first-order chi connectivity index (χ1) is 9.42. The van der Waals surface area contributed by atoms with E-state index in [0.717, 1.165) is 0 Å². The van der Waals surface area contributed by atoms with Gasteiger partial charge in [-0.3, -0.25) is 0 Å². The van der Waals surface area contributed by atoms with E-state index < -0.39 is 43.4 Å². The molecule has 7 atom stereocenters. The average Bonchev–Trinajstić information content (AvgIpc) is 2.44. The zero-order valence-electron chi connectivity index (χ0n) is 11.7. The van der Waals surface area contributed by atoms with Crippen LogP contribution in [0.4, 0.5) is 0 Å². The van der Waals surface area contributed by atoms with E-state index in [4.69, 9.17) is 14.6 Å². The average molecular weight is 292 g/mol. The third-order valence-corrected chi connectivity index (χ3v) is 3.34. The van der Waals surface area contributed by atoms with Crippen molar-refractivity contribution in [3.63, 3.8) is 0 Å². The summed E-state index contributed by atoms with van der Waals surface area (Å²) in [5.74, 6) is -0.237. The lowest BCUT2D eigenvalue weighted by atomic mass is 9.99. The van der Waals surface area contributed by atoms with E-state index in [2.05, 4.69) is 0 Å². The smallest absolute Gasteiger partial charge is 0.186 e. The molecule has 3 unspecified atom stereocenters.